The second kappa shape index (κ2) is 77.4. The molecule has 17 nitrogen and oxygen atoms in total. The van der Waals surface area contributed by atoms with E-state index < -0.39 is 97.5 Å². The zero-order valence-corrected chi connectivity index (χ0v) is 70.8. The van der Waals surface area contributed by atoms with Gasteiger partial charge in [0.2, 0.25) is 0 Å². The maximum Gasteiger partial charge on any atom is 0.472 e. The summed E-state index contributed by atoms with van der Waals surface area (Å²) in [6.07, 6.45) is 69.5. The number of esters is 4. The topological polar surface area (TPSA) is 237 Å². The van der Waals surface area contributed by atoms with E-state index in [1.807, 2.05) is 0 Å². The van der Waals surface area contributed by atoms with E-state index in [9.17, 15) is 43.2 Å². The lowest BCUT2D eigenvalue weighted by Gasteiger charge is -2.21. The van der Waals surface area contributed by atoms with E-state index >= 15 is 0 Å². The first kappa shape index (κ1) is 103. The van der Waals surface area contributed by atoms with Crippen molar-refractivity contribution in [3.8, 4) is 0 Å². The van der Waals surface area contributed by atoms with Crippen LogP contribution in [-0.4, -0.2) is 96.7 Å². The number of carbonyl (C=O) groups excluding carboxylic acids is 4. The Labute approximate surface area is 645 Å². The molecule has 0 saturated heterocycles. The van der Waals surface area contributed by atoms with Crippen LogP contribution < -0.4 is 0 Å². The van der Waals surface area contributed by atoms with Crippen molar-refractivity contribution in [2.24, 2.45) is 11.8 Å². The summed E-state index contributed by atoms with van der Waals surface area (Å²) in [6, 6.07) is 0. The number of aliphatic hydroxyl groups is 1. The zero-order valence-electron chi connectivity index (χ0n) is 69.0. The van der Waals surface area contributed by atoms with Gasteiger partial charge in [0, 0.05) is 25.7 Å². The number of hydrogen-bond acceptors (Lipinski definition) is 15. The lowest BCUT2D eigenvalue weighted by molar-refractivity contribution is -0.161. The van der Waals surface area contributed by atoms with Gasteiger partial charge in [-0.1, -0.05) is 408 Å². The lowest BCUT2D eigenvalue weighted by atomic mass is 10.0. The molecule has 0 heterocycles. The third-order valence-electron chi connectivity index (χ3n) is 20.2. The highest BCUT2D eigenvalue weighted by Crippen LogP contribution is 2.45. The summed E-state index contributed by atoms with van der Waals surface area (Å²) in [5, 5.41) is 10.7. The van der Waals surface area contributed by atoms with Crippen molar-refractivity contribution in [2.45, 2.75) is 477 Å². The number of phosphoric ester groups is 2. The monoisotopic (exact) mass is 1540 g/mol. The number of phosphoric acid groups is 2. The number of aliphatic hydroxyl groups excluding tert-OH is 1. The zero-order chi connectivity index (χ0) is 77.1. The van der Waals surface area contributed by atoms with Gasteiger partial charge in [-0.3, -0.25) is 37.3 Å². The Balaban J connectivity index is 5.23. The summed E-state index contributed by atoms with van der Waals surface area (Å²) < 4.78 is 68.9. The highest BCUT2D eigenvalue weighted by Gasteiger charge is 2.30. The van der Waals surface area contributed by atoms with Gasteiger partial charge in [-0.25, -0.2) is 9.13 Å². The average Bonchev–Trinajstić information content (AvgIpc) is 0.912. The summed E-state index contributed by atoms with van der Waals surface area (Å²) in [5.74, 6) is -0.552. The smallest absolute Gasteiger partial charge is 0.462 e. The number of rotatable bonds is 85. The molecule has 0 aromatic carbocycles. The van der Waals surface area contributed by atoms with Gasteiger partial charge in [0.15, 0.2) is 12.2 Å². The molecule has 0 aliphatic heterocycles. The van der Waals surface area contributed by atoms with Crippen molar-refractivity contribution >= 4 is 39.5 Å². The molecule has 0 aromatic rings. The minimum absolute atomic E-state index is 0.108. The van der Waals surface area contributed by atoms with E-state index in [2.05, 4.69) is 41.5 Å². The van der Waals surface area contributed by atoms with Crippen molar-refractivity contribution in [1.82, 2.24) is 0 Å². The van der Waals surface area contributed by atoms with Crippen molar-refractivity contribution in [1.29, 1.82) is 0 Å². The third kappa shape index (κ3) is 79.9. The molecule has 0 rings (SSSR count). The fourth-order valence-electron chi connectivity index (χ4n) is 13.4. The van der Waals surface area contributed by atoms with Crippen LogP contribution in [0.3, 0.4) is 0 Å². The number of carbonyl (C=O) groups is 4. The van der Waals surface area contributed by atoms with Crippen molar-refractivity contribution < 1.29 is 80.2 Å². The van der Waals surface area contributed by atoms with Gasteiger partial charge < -0.3 is 33.8 Å². The first-order valence-electron chi connectivity index (χ1n) is 44.5. The Kier molecular flexibility index (Phi) is 76.0. The van der Waals surface area contributed by atoms with Crippen LogP contribution >= 0.6 is 15.6 Å². The van der Waals surface area contributed by atoms with Crippen LogP contribution in [0.25, 0.3) is 0 Å². The molecule has 0 spiro atoms. The highest BCUT2D eigenvalue weighted by molar-refractivity contribution is 7.47. The molecule has 0 saturated carbocycles. The number of hydrogen-bond donors (Lipinski definition) is 3. The van der Waals surface area contributed by atoms with Crippen LogP contribution in [0.4, 0.5) is 0 Å². The molecule has 105 heavy (non-hydrogen) atoms. The van der Waals surface area contributed by atoms with E-state index in [0.717, 1.165) is 102 Å². The maximum atomic E-state index is 13.1. The first-order chi connectivity index (χ1) is 50.9. The van der Waals surface area contributed by atoms with E-state index in [4.69, 9.17) is 37.0 Å². The number of unbranched alkanes of at least 4 members (excludes halogenated alkanes) is 55. The van der Waals surface area contributed by atoms with Gasteiger partial charge in [0.1, 0.15) is 19.3 Å². The summed E-state index contributed by atoms with van der Waals surface area (Å²) in [5.41, 5.74) is 0. The van der Waals surface area contributed by atoms with Gasteiger partial charge in [-0.15, -0.1) is 0 Å². The van der Waals surface area contributed by atoms with E-state index in [0.29, 0.717) is 25.7 Å². The fraction of sp³-hybridized carbons (Fsp3) is 0.953. The molecule has 2 unspecified atom stereocenters. The molecule has 0 aromatic heterocycles. The highest BCUT2D eigenvalue weighted by atomic mass is 31.2. The van der Waals surface area contributed by atoms with Crippen LogP contribution in [0.15, 0.2) is 0 Å². The number of ether oxygens (including phenoxy) is 4. The van der Waals surface area contributed by atoms with Gasteiger partial charge in [0.05, 0.1) is 26.4 Å². The van der Waals surface area contributed by atoms with Crippen LogP contribution in [-0.2, 0) is 65.4 Å². The van der Waals surface area contributed by atoms with Crippen molar-refractivity contribution in [3.05, 3.63) is 0 Å². The molecule has 19 heteroatoms. The normalized spacial score (nSPS) is 13.8. The van der Waals surface area contributed by atoms with Crippen LogP contribution in [0.2, 0.25) is 0 Å². The molecule has 0 bridgehead atoms. The van der Waals surface area contributed by atoms with E-state index in [1.165, 1.54) is 276 Å². The quantitative estimate of drug-likeness (QED) is 0.0222. The second-order valence-electron chi connectivity index (χ2n) is 31.9. The molecular formula is C86H168O17P2. The Hall–Kier alpha value is -1.94. The molecule has 0 fully saturated rings. The fourth-order valence-corrected chi connectivity index (χ4v) is 15.0. The van der Waals surface area contributed by atoms with E-state index in [1.54, 1.807) is 0 Å². The van der Waals surface area contributed by atoms with Gasteiger partial charge >= 0.3 is 39.5 Å². The maximum absolute atomic E-state index is 13.1. The van der Waals surface area contributed by atoms with Gasteiger partial charge in [0.25, 0.3) is 0 Å². The predicted octanol–water partition coefficient (Wildman–Crippen LogP) is 26.2. The molecule has 5 atom stereocenters. The molecule has 0 radical (unpaired) electrons. The van der Waals surface area contributed by atoms with Gasteiger partial charge in [-0.05, 0) is 37.5 Å². The Morgan fingerprint density at radius 1 is 0.257 bits per heavy atom. The van der Waals surface area contributed by atoms with Crippen LogP contribution in [0.5, 0.6) is 0 Å². The summed E-state index contributed by atoms with van der Waals surface area (Å²) in [7, 11) is -9.93. The van der Waals surface area contributed by atoms with E-state index in [-0.39, 0.29) is 25.7 Å². The first-order valence-corrected chi connectivity index (χ1v) is 47.5. The van der Waals surface area contributed by atoms with Crippen LogP contribution in [0, 0.1) is 11.8 Å². The Bertz CT molecular complexity index is 2010. The lowest BCUT2D eigenvalue weighted by Crippen LogP contribution is -2.30. The standard InChI is InChI=1S/C86H168O17P2/c1-7-9-11-13-15-17-19-21-22-23-24-25-26-27-28-31-36-40-46-53-59-65-71-86(91)102-81(74-96-83(88)68-62-56-50-44-38-35-32-29-30-34-37-42-48-54-60-66-78(3)4)76-100-104(92,93)98-72-80(87)73-99-105(94,95)101-77-82(75-97-84(89)69-63-57-51-47-41-43-49-55-61-67-79(5)6)103-85(90)70-64-58-52-45-39-33-20-18-16-14-12-10-8-2/h78-82,87H,7-77H2,1-6H3,(H,92,93)(H,94,95)/t80-,81-,82-/m1/s1. The summed E-state index contributed by atoms with van der Waals surface area (Å²) in [6.45, 7) is 9.68. The Morgan fingerprint density at radius 2 is 0.438 bits per heavy atom. The molecule has 0 aliphatic carbocycles. The molecular weight excluding hydrogens is 1370 g/mol. The van der Waals surface area contributed by atoms with Gasteiger partial charge in [-0.2, -0.15) is 0 Å². The molecule has 0 aliphatic rings. The SMILES string of the molecule is CCCCCCCCCCCCCCCCCCCCCCCCC(=O)O[C@H](COC(=O)CCCCCCCCCCCCCCCCCC(C)C)COP(=O)(O)OC[C@@H](O)COP(=O)(O)OC[C@@H](COC(=O)CCCCCCCCCCCC(C)C)OC(=O)CCCCCCCCCCCCCCC. The second-order valence-corrected chi connectivity index (χ2v) is 34.8. The third-order valence-corrected chi connectivity index (χ3v) is 22.1. The predicted molar refractivity (Wildman–Crippen MR) is 432 cm³/mol. The summed E-state index contributed by atoms with van der Waals surface area (Å²) >= 11 is 0. The van der Waals surface area contributed by atoms with Crippen molar-refractivity contribution in [2.75, 3.05) is 39.6 Å². The van der Waals surface area contributed by atoms with Crippen molar-refractivity contribution in [3.63, 3.8) is 0 Å². The average molecular weight is 1540 g/mol. The molecule has 0 amide bonds. The van der Waals surface area contributed by atoms with Crippen LogP contribution in [0.1, 0.15) is 459 Å². The molecule has 3 N–H and O–H groups in total. The largest absolute Gasteiger partial charge is 0.472 e. The summed E-state index contributed by atoms with van der Waals surface area (Å²) in [4.78, 5) is 73.2. The Morgan fingerprint density at radius 3 is 0.648 bits per heavy atom. The minimum atomic E-state index is -4.97. The molecule has 624 valence electrons. The minimum Gasteiger partial charge on any atom is -0.462 e.